The van der Waals surface area contributed by atoms with Crippen molar-refractivity contribution in [2.75, 3.05) is 39.3 Å². The second-order valence-electron chi connectivity index (χ2n) is 10.3. The molecule has 38 heavy (non-hydrogen) atoms. The number of hydrogen-bond acceptors (Lipinski definition) is 7. The minimum atomic E-state index is -0.174. The Bertz CT molecular complexity index is 1400. The molecule has 2 fully saturated rings. The Morgan fingerprint density at radius 1 is 1.05 bits per heavy atom. The molecular formula is C29H33ClN6O2. The molecule has 0 radical (unpaired) electrons. The maximum atomic E-state index is 6.84. The number of rotatable bonds is 10. The van der Waals surface area contributed by atoms with E-state index in [1.807, 2.05) is 36.4 Å². The van der Waals surface area contributed by atoms with Crippen molar-refractivity contribution in [1.82, 2.24) is 29.7 Å². The Hall–Kier alpha value is -3.20. The van der Waals surface area contributed by atoms with Crippen molar-refractivity contribution in [2.24, 2.45) is 0 Å². The number of ether oxygens (including phenoxy) is 2. The maximum absolute atomic E-state index is 6.84. The minimum Gasteiger partial charge on any atom is -0.493 e. The summed E-state index contributed by atoms with van der Waals surface area (Å²) in [5, 5.41) is 3.97. The topological polar surface area (TPSA) is 77.3 Å². The van der Waals surface area contributed by atoms with Crippen LogP contribution in [0.3, 0.4) is 0 Å². The van der Waals surface area contributed by atoms with Crippen molar-refractivity contribution in [3.63, 3.8) is 0 Å². The first-order valence-electron chi connectivity index (χ1n) is 13.4. The first kappa shape index (κ1) is 25.1. The molecule has 1 aliphatic carbocycles. The zero-order valence-corrected chi connectivity index (χ0v) is 22.5. The third-order valence-electron chi connectivity index (χ3n) is 7.26. The zero-order valence-electron chi connectivity index (χ0n) is 21.7. The average Bonchev–Trinajstić information content (AvgIpc) is 3.56. The molecule has 0 bridgehead atoms. The van der Waals surface area contributed by atoms with Gasteiger partial charge in [0.15, 0.2) is 11.2 Å². The molecule has 1 saturated heterocycles. The first-order chi connectivity index (χ1) is 18.6. The molecule has 8 nitrogen and oxygen atoms in total. The van der Waals surface area contributed by atoms with Gasteiger partial charge in [0.2, 0.25) is 5.88 Å². The number of aromatic nitrogens is 4. The molecule has 0 unspecified atom stereocenters. The molecule has 1 aliphatic heterocycles. The van der Waals surface area contributed by atoms with Crippen molar-refractivity contribution in [3.8, 4) is 23.0 Å². The van der Waals surface area contributed by atoms with Gasteiger partial charge in [-0.05, 0) is 49.9 Å². The van der Waals surface area contributed by atoms with Gasteiger partial charge in [-0.1, -0.05) is 41.9 Å². The fourth-order valence-corrected chi connectivity index (χ4v) is 5.06. The van der Waals surface area contributed by atoms with Crippen molar-refractivity contribution in [1.29, 1.82) is 0 Å². The second-order valence-corrected chi connectivity index (χ2v) is 10.8. The number of benzene rings is 2. The predicted octanol–water partition coefficient (Wildman–Crippen LogP) is 4.80. The van der Waals surface area contributed by atoms with Gasteiger partial charge < -0.3 is 24.3 Å². The SMILES string of the molecule is CC1(Oc2ncnc3c2nc(-c2ccc(OCCCN4CCNCC4)cc2Cl)n3Cc2ccccc2)CC1. The smallest absolute Gasteiger partial charge is 0.245 e. The van der Waals surface area contributed by atoms with Crippen molar-refractivity contribution in [3.05, 3.63) is 65.4 Å². The summed E-state index contributed by atoms with van der Waals surface area (Å²) in [5.41, 5.74) is 3.16. The highest BCUT2D eigenvalue weighted by Gasteiger charge is 2.41. The van der Waals surface area contributed by atoms with Gasteiger partial charge in [-0.25, -0.2) is 9.97 Å². The number of piperazine rings is 1. The van der Waals surface area contributed by atoms with Crippen LogP contribution < -0.4 is 14.8 Å². The maximum Gasteiger partial charge on any atom is 0.245 e. The van der Waals surface area contributed by atoms with E-state index in [4.69, 9.17) is 26.1 Å². The number of nitrogens with one attached hydrogen (secondary N) is 1. The van der Waals surface area contributed by atoms with Gasteiger partial charge in [-0.15, -0.1) is 0 Å². The van der Waals surface area contributed by atoms with Crippen molar-refractivity contribution < 1.29 is 9.47 Å². The lowest BCUT2D eigenvalue weighted by Crippen LogP contribution is -2.43. The molecule has 1 N–H and O–H groups in total. The Labute approximate surface area is 228 Å². The number of nitrogens with zero attached hydrogens (tertiary/aromatic N) is 5. The quantitative estimate of drug-likeness (QED) is 0.294. The van der Waals surface area contributed by atoms with E-state index in [9.17, 15) is 0 Å². The van der Waals surface area contributed by atoms with Gasteiger partial charge in [-0.3, -0.25) is 0 Å². The lowest BCUT2D eigenvalue weighted by atomic mass is 10.2. The monoisotopic (exact) mass is 532 g/mol. The van der Waals surface area contributed by atoms with Gasteiger partial charge in [0.05, 0.1) is 18.2 Å². The number of halogens is 1. The summed E-state index contributed by atoms with van der Waals surface area (Å²) in [6.45, 7) is 8.71. The summed E-state index contributed by atoms with van der Waals surface area (Å²) in [5.74, 6) is 2.00. The van der Waals surface area contributed by atoms with Gasteiger partial charge in [0, 0.05) is 38.3 Å². The molecule has 198 valence electrons. The van der Waals surface area contributed by atoms with E-state index in [-0.39, 0.29) is 5.60 Å². The van der Waals surface area contributed by atoms with E-state index in [2.05, 4.69) is 43.8 Å². The van der Waals surface area contributed by atoms with Crippen LogP contribution in [-0.4, -0.2) is 69.4 Å². The van der Waals surface area contributed by atoms with Crippen LogP contribution in [0.4, 0.5) is 0 Å². The van der Waals surface area contributed by atoms with Crippen molar-refractivity contribution in [2.45, 2.75) is 38.3 Å². The molecule has 4 aromatic rings. The molecule has 2 aliphatic rings. The number of hydrogen-bond donors (Lipinski definition) is 1. The fraction of sp³-hybridized carbons (Fsp3) is 0.414. The van der Waals surface area contributed by atoms with Crippen LogP contribution in [0.1, 0.15) is 31.7 Å². The molecule has 9 heteroatoms. The molecule has 1 saturated carbocycles. The fourth-order valence-electron chi connectivity index (χ4n) is 4.80. The Morgan fingerprint density at radius 3 is 2.63 bits per heavy atom. The van der Waals surface area contributed by atoms with Gasteiger partial charge in [-0.2, -0.15) is 4.98 Å². The summed E-state index contributed by atoms with van der Waals surface area (Å²) in [4.78, 5) is 16.5. The van der Waals surface area contributed by atoms with Crippen LogP contribution in [0.25, 0.3) is 22.6 Å². The molecule has 0 atom stereocenters. The molecular weight excluding hydrogens is 500 g/mol. The van der Waals surface area contributed by atoms with E-state index in [0.717, 1.165) is 80.3 Å². The molecule has 2 aromatic heterocycles. The average molecular weight is 533 g/mol. The van der Waals surface area contributed by atoms with Crippen molar-refractivity contribution >= 4 is 22.8 Å². The summed E-state index contributed by atoms with van der Waals surface area (Å²) in [6.07, 6.45) is 4.55. The van der Waals surface area contributed by atoms with E-state index < -0.39 is 0 Å². The highest BCUT2D eigenvalue weighted by atomic mass is 35.5. The Kier molecular flexibility index (Phi) is 7.19. The van der Waals surface area contributed by atoms with Crippen LogP contribution in [0.2, 0.25) is 5.02 Å². The van der Waals surface area contributed by atoms with Crippen LogP contribution in [-0.2, 0) is 6.54 Å². The van der Waals surface area contributed by atoms with E-state index in [0.29, 0.717) is 29.6 Å². The van der Waals surface area contributed by atoms with Gasteiger partial charge >= 0.3 is 0 Å². The summed E-state index contributed by atoms with van der Waals surface area (Å²) >= 11 is 6.84. The van der Waals surface area contributed by atoms with Crippen LogP contribution >= 0.6 is 11.6 Å². The largest absolute Gasteiger partial charge is 0.493 e. The van der Waals surface area contributed by atoms with Crippen LogP contribution in [0.15, 0.2) is 54.9 Å². The summed E-state index contributed by atoms with van der Waals surface area (Å²) in [6, 6.07) is 16.1. The van der Waals surface area contributed by atoms with E-state index >= 15 is 0 Å². The highest BCUT2D eigenvalue weighted by molar-refractivity contribution is 6.33. The number of fused-ring (bicyclic) bond motifs is 1. The normalized spacial score (nSPS) is 17.0. The highest BCUT2D eigenvalue weighted by Crippen LogP contribution is 2.41. The molecule has 3 heterocycles. The van der Waals surface area contributed by atoms with Crippen LogP contribution in [0.5, 0.6) is 11.6 Å². The number of imidazole rings is 1. The van der Waals surface area contributed by atoms with E-state index in [1.165, 1.54) is 0 Å². The lowest BCUT2D eigenvalue weighted by molar-refractivity contribution is 0.194. The van der Waals surface area contributed by atoms with Crippen LogP contribution in [0, 0.1) is 0 Å². The third kappa shape index (κ3) is 5.62. The predicted molar refractivity (Wildman–Crippen MR) is 149 cm³/mol. The second kappa shape index (κ2) is 10.9. The Morgan fingerprint density at radius 2 is 1.87 bits per heavy atom. The molecule has 2 aromatic carbocycles. The standard InChI is InChI=1S/C29H33ClN6O2/c1-29(10-11-29)38-28-25-27(32-20-33-28)36(19-21-6-3-2-4-7-21)26(34-25)23-9-8-22(18-24(23)30)37-17-5-14-35-15-12-31-13-16-35/h2-4,6-9,18,20,31H,5,10-17,19H2,1H3. The summed E-state index contributed by atoms with van der Waals surface area (Å²) < 4.78 is 14.4. The molecule has 0 amide bonds. The first-order valence-corrected chi connectivity index (χ1v) is 13.8. The Balaban J connectivity index is 1.26. The third-order valence-corrected chi connectivity index (χ3v) is 7.57. The molecule has 6 rings (SSSR count). The van der Waals surface area contributed by atoms with E-state index in [1.54, 1.807) is 6.33 Å². The zero-order chi connectivity index (χ0) is 26.0. The lowest BCUT2D eigenvalue weighted by Gasteiger charge is -2.26. The summed E-state index contributed by atoms with van der Waals surface area (Å²) in [7, 11) is 0. The van der Waals surface area contributed by atoms with Gasteiger partial charge in [0.25, 0.3) is 0 Å². The van der Waals surface area contributed by atoms with Gasteiger partial charge in [0.1, 0.15) is 23.5 Å². The minimum absolute atomic E-state index is 0.174. The molecule has 0 spiro atoms.